The average molecular weight is 360 g/mol. The van der Waals surface area contributed by atoms with E-state index in [9.17, 15) is 4.79 Å². The summed E-state index contributed by atoms with van der Waals surface area (Å²) in [6.45, 7) is 0. The first kappa shape index (κ1) is 16.8. The molecule has 0 fully saturated rings. The maximum Gasteiger partial charge on any atom is 0.248 e. The Kier molecular flexibility index (Phi) is 4.12. The number of aromatic nitrogens is 2. The van der Waals surface area contributed by atoms with Gasteiger partial charge in [0, 0.05) is 37.7 Å². The van der Waals surface area contributed by atoms with Crippen molar-refractivity contribution in [2.75, 3.05) is 29.2 Å². The number of para-hydroxylation sites is 2. The molecular formula is C20H20N6O. The molecule has 0 saturated carbocycles. The molecule has 0 aliphatic carbocycles. The van der Waals surface area contributed by atoms with E-state index in [4.69, 9.17) is 5.73 Å². The summed E-state index contributed by atoms with van der Waals surface area (Å²) in [5.74, 6) is 0.147. The molecule has 1 aliphatic rings. The highest BCUT2D eigenvalue weighted by atomic mass is 16.1. The van der Waals surface area contributed by atoms with Crippen molar-refractivity contribution in [2.45, 2.75) is 6.17 Å². The highest BCUT2D eigenvalue weighted by molar-refractivity contribution is 5.94. The second-order valence-electron chi connectivity index (χ2n) is 6.53. The van der Waals surface area contributed by atoms with Gasteiger partial charge in [0.05, 0.1) is 17.1 Å². The topological polar surface area (TPSA) is 87.4 Å². The van der Waals surface area contributed by atoms with E-state index in [0.29, 0.717) is 11.4 Å². The summed E-state index contributed by atoms with van der Waals surface area (Å²) in [5.41, 5.74) is 9.72. The van der Waals surface area contributed by atoms with Gasteiger partial charge in [-0.15, -0.1) is 0 Å². The van der Waals surface area contributed by atoms with Gasteiger partial charge in [0.15, 0.2) is 0 Å². The number of hydrogen-bond acceptors (Lipinski definition) is 6. The molecule has 4 rings (SSSR count). The summed E-state index contributed by atoms with van der Waals surface area (Å²) in [4.78, 5) is 24.7. The number of anilines is 4. The first-order valence-electron chi connectivity index (χ1n) is 8.58. The lowest BCUT2D eigenvalue weighted by atomic mass is 10.2. The normalized spacial score (nSPS) is 15.2. The van der Waals surface area contributed by atoms with Crippen LogP contribution < -0.4 is 20.9 Å². The maximum atomic E-state index is 11.6. The van der Waals surface area contributed by atoms with E-state index in [-0.39, 0.29) is 6.17 Å². The van der Waals surface area contributed by atoms with Crippen LogP contribution in [0.3, 0.4) is 0 Å². The molecular weight excluding hydrogens is 340 g/mol. The van der Waals surface area contributed by atoms with Gasteiger partial charge in [-0.1, -0.05) is 12.1 Å². The van der Waals surface area contributed by atoms with E-state index in [0.717, 1.165) is 22.8 Å². The van der Waals surface area contributed by atoms with Crippen LogP contribution in [-0.4, -0.2) is 30.0 Å². The molecule has 136 valence electrons. The van der Waals surface area contributed by atoms with Gasteiger partial charge < -0.3 is 16.0 Å². The molecule has 0 bridgehead atoms. The van der Waals surface area contributed by atoms with E-state index in [2.05, 4.69) is 15.3 Å². The first-order valence-corrected chi connectivity index (χ1v) is 8.58. The predicted octanol–water partition coefficient (Wildman–Crippen LogP) is 2.90. The zero-order valence-electron chi connectivity index (χ0n) is 15.1. The third-order valence-corrected chi connectivity index (χ3v) is 4.55. The van der Waals surface area contributed by atoms with Crippen LogP contribution in [0, 0.1) is 0 Å². The van der Waals surface area contributed by atoms with Gasteiger partial charge in [-0.05, 0) is 36.4 Å². The molecule has 27 heavy (non-hydrogen) atoms. The number of benzene rings is 1. The predicted molar refractivity (Wildman–Crippen MR) is 106 cm³/mol. The highest BCUT2D eigenvalue weighted by Gasteiger charge is 2.33. The third-order valence-electron chi connectivity index (χ3n) is 4.55. The van der Waals surface area contributed by atoms with Crippen LogP contribution in [-0.2, 0) is 0 Å². The van der Waals surface area contributed by atoms with E-state index >= 15 is 0 Å². The second kappa shape index (κ2) is 6.60. The number of amides is 1. The van der Waals surface area contributed by atoms with Gasteiger partial charge in [0.2, 0.25) is 5.91 Å². The lowest BCUT2D eigenvalue weighted by Crippen LogP contribution is -2.26. The molecule has 0 spiro atoms. The van der Waals surface area contributed by atoms with Gasteiger partial charge in [-0.2, -0.15) is 0 Å². The van der Waals surface area contributed by atoms with E-state index in [1.165, 1.54) is 0 Å². The van der Waals surface area contributed by atoms with Crippen molar-refractivity contribution in [1.82, 2.24) is 9.97 Å². The molecule has 7 heteroatoms. The summed E-state index contributed by atoms with van der Waals surface area (Å²) in [6.07, 6.45) is 3.13. The number of primary amides is 1. The maximum absolute atomic E-state index is 11.6. The second-order valence-corrected chi connectivity index (χ2v) is 6.53. The van der Waals surface area contributed by atoms with Crippen molar-refractivity contribution in [1.29, 1.82) is 0 Å². The summed E-state index contributed by atoms with van der Waals surface area (Å²) in [5, 5.41) is 3.50. The fraction of sp³-hybridized carbons (Fsp3) is 0.150. The molecule has 3 aromatic rings. The van der Waals surface area contributed by atoms with E-state index < -0.39 is 5.91 Å². The van der Waals surface area contributed by atoms with E-state index in [1.54, 1.807) is 24.5 Å². The van der Waals surface area contributed by atoms with Crippen molar-refractivity contribution in [3.8, 4) is 0 Å². The lowest BCUT2D eigenvalue weighted by Gasteiger charge is -2.26. The van der Waals surface area contributed by atoms with Gasteiger partial charge >= 0.3 is 0 Å². The van der Waals surface area contributed by atoms with Crippen LogP contribution in [0.4, 0.5) is 22.9 Å². The summed E-state index contributed by atoms with van der Waals surface area (Å²) < 4.78 is 0. The molecule has 1 aliphatic heterocycles. The van der Waals surface area contributed by atoms with Crippen LogP contribution >= 0.6 is 0 Å². The van der Waals surface area contributed by atoms with Crippen LogP contribution in [0.1, 0.15) is 22.2 Å². The Labute approximate surface area is 157 Å². The summed E-state index contributed by atoms with van der Waals surface area (Å²) >= 11 is 0. The van der Waals surface area contributed by atoms with Crippen LogP contribution in [0.2, 0.25) is 0 Å². The standard InChI is InChI=1S/C20H20N6O/c1-25(2)14-8-10-22-16(12-14)20-24-15-5-3-4-6-17(15)26(20)18-11-13(19(21)27)7-9-23-18/h3-12,20,24H,1-2H3,(H2,21,27). The minimum atomic E-state index is -0.483. The Hall–Kier alpha value is -3.61. The SMILES string of the molecule is CN(C)c1ccnc(C2Nc3ccccc3N2c2cc(C(N)=O)ccn2)c1. The van der Waals surface area contributed by atoms with E-state index in [1.807, 2.05) is 60.3 Å². The Morgan fingerprint density at radius 3 is 2.67 bits per heavy atom. The fourth-order valence-electron chi connectivity index (χ4n) is 3.19. The number of rotatable bonds is 4. The van der Waals surface area contributed by atoms with Crippen molar-refractivity contribution in [3.63, 3.8) is 0 Å². The molecule has 1 atom stereocenters. The van der Waals surface area contributed by atoms with Gasteiger partial charge in [0.1, 0.15) is 12.0 Å². The number of nitrogens with two attached hydrogens (primary N) is 1. The Morgan fingerprint density at radius 2 is 1.89 bits per heavy atom. The summed E-state index contributed by atoms with van der Waals surface area (Å²) in [6, 6.07) is 15.3. The number of pyridine rings is 2. The van der Waals surface area contributed by atoms with Crippen LogP contribution in [0.15, 0.2) is 60.9 Å². The number of carbonyl (C=O) groups excluding carboxylic acids is 1. The zero-order valence-corrected chi connectivity index (χ0v) is 15.1. The third kappa shape index (κ3) is 3.03. The molecule has 1 amide bonds. The fourth-order valence-corrected chi connectivity index (χ4v) is 3.19. The average Bonchev–Trinajstić information content (AvgIpc) is 3.07. The summed E-state index contributed by atoms with van der Waals surface area (Å²) in [7, 11) is 3.98. The molecule has 3 N–H and O–H groups in total. The molecule has 2 aromatic heterocycles. The van der Waals surface area contributed by atoms with Crippen molar-refractivity contribution < 1.29 is 4.79 Å². The Morgan fingerprint density at radius 1 is 1.11 bits per heavy atom. The highest BCUT2D eigenvalue weighted by Crippen LogP contribution is 2.45. The van der Waals surface area contributed by atoms with Crippen LogP contribution in [0.5, 0.6) is 0 Å². The van der Waals surface area contributed by atoms with Gasteiger partial charge in [0.25, 0.3) is 0 Å². The first-order chi connectivity index (χ1) is 13.0. The largest absolute Gasteiger partial charge is 0.378 e. The molecule has 3 heterocycles. The van der Waals surface area contributed by atoms with Crippen LogP contribution in [0.25, 0.3) is 0 Å². The molecule has 1 unspecified atom stereocenters. The van der Waals surface area contributed by atoms with Gasteiger partial charge in [-0.25, -0.2) is 4.98 Å². The minimum absolute atomic E-state index is 0.252. The number of hydrogen-bond donors (Lipinski definition) is 2. The number of fused-ring (bicyclic) bond motifs is 1. The zero-order chi connectivity index (χ0) is 19.0. The number of nitrogens with one attached hydrogen (secondary N) is 1. The van der Waals surface area contributed by atoms with Crippen molar-refractivity contribution in [2.24, 2.45) is 5.73 Å². The minimum Gasteiger partial charge on any atom is -0.378 e. The molecule has 0 saturated heterocycles. The smallest absolute Gasteiger partial charge is 0.248 e. The van der Waals surface area contributed by atoms with Crippen molar-refractivity contribution in [3.05, 3.63) is 72.2 Å². The number of nitrogens with zero attached hydrogens (tertiary/aromatic N) is 4. The quantitative estimate of drug-likeness (QED) is 0.744. The number of carbonyl (C=O) groups is 1. The lowest BCUT2D eigenvalue weighted by molar-refractivity contribution is 0.1000. The van der Waals surface area contributed by atoms with Gasteiger partial charge in [-0.3, -0.25) is 14.7 Å². The molecule has 0 radical (unpaired) electrons. The van der Waals surface area contributed by atoms with Crippen molar-refractivity contribution >= 4 is 28.8 Å². The Bertz CT molecular complexity index is 1000. The molecule has 7 nitrogen and oxygen atoms in total. The Balaban J connectivity index is 1.83. The molecule has 1 aromatic carbocycles. The monoisotopic (exact) mass is 360 g/mol.